The van der Waals surface area contributed by atoms with E-state index < -0.39 is 6.03 Å². The molecule has 4 heterocycles. The van der Waals surface area contributed by atoms with E-state index in [0.717, 1.165) is 5.56 Å². The van der Waals surface area contributed by atoms with Crippen LogP contribution in [0.15, 0.2) is 43.2 Å². The maximum Gasteiger partial charge on any atom is 0.323 e. The van der Waals surface area contributed by atoms with E-state index >= 15 is 0 Å². The smallest absolute Gasteiger partial charge is 0.323 e. The van der Waals surface area contributed by atoms with Crippen LogP contribution in [0.3, 0.4) is 0 Å². The summed E-state index contributed by atoms with van der Waals surface area (Å²) in [7, 11) is 0. The number of hydrogen-bond acceptors (Lipinski definition) is 7. The van der Waals surface area contributed by atoms with E-state index in [9.17, 15) is 4.79 Å². The van der Waals surface area contributed by atoms with Gasteiger partial charge in [0.25, 0.3) is 0 Å². The maximum absolute atomic E-state index is 12.6. The summed E-state index contributed by atoms with van der Waals surface area (Å²) in [5.41, 5.74) is 2.23. The molecule has 4 aromatic heterocycles. The predicted molar refractivity (Wildman–Crippen MR) is 110 cm³/mol. The van der Waals surface area contributed by atoms with Crippen LogP contribution in [-0.2, 0) is 4.74 Å². The molecule has 11 nitrogen and oxygen atoms in total. The van der Waals surface area contributed by atoms with Gasteiger partial charge in [-0.15, -0.1) is 4.80 Å². The van der Waals surface area contributed by atoms with E-state index in [1.165, 1.54) is 23.4 Å². The topological polar surface area (TPSA) is 124 Å². The number of anilines is 2. The third-order valence-corrected chi connectivity index (χ3v) is 4.50. The van der Waals surface area contributed by atoms with Crippen LogP contribution in [0.4, 0.5) is 16.2 Å². The van der Waals surface area contributed by atoms with Crippen molar-refractivity contribution >= 4 is 34.7 Å². The molecule has 4 rings (SSSR count). The standard InChI is InChI=1S/C18H18ClN9O2/c1-3-30-11(2)15-14(10-24-27-7-6-20-17(15)27)26-18(29)25-12-8-13(19)16(21-9-12)28-22-4-5-23-28/h4-11H,3H2,1-2H3,(H2,25,26,29). The number of carbonyl (C=O) groups excluding carboxylic acids is 1. The SMILES string of the molecule is CCOC(C)c1c(NC(=O)Nc2cnc(-n3nccn3)c(Cl)c2)cnn2ccnc12. The number of imidazole rings is 1. The van der Waals surface area contributed by atoms with Gasteiger partial charge in [0.2, 0.25) is 0 Å². The number of halogens is 1. The van der Waals surface area contributed by atoms with Crippen molar-refractivity contribution in [2.45, 2.75) is 20.0 Å². The first kappa shape index (κ1) is 19.7. The molecule has 154 valence electrons. The number of nitrogens with zero attached hydrogens (tertiary/aromatic N) is 7. The lowest BCUT2D eigenvalue weighted by Gasteiger charge is -2.17. The van der Waals surface area contributed by atoms with Crippen LogP contribution < -0.4 is 10.6 Å². The average molecular weight is 428 g/mol. The highest BCUT2D eigenvalue weighted by atomic mass is 35.5. The van der Waals surface area contributed by atoms with Crippen molar-refractivity contribution in [3.8, 4) is 5.82 Å². The number of aromatic nitrogens is 7. The summed E-state index contributed by atoms with van der Waals surface area (Å²) in [4.78, 5) is 22.4. The minimum atomic E-state index is -0.486. The van der Waals surface area contributed by atoms with Crippen molar-refractivity contribution in [2.75, 3.05) is 17.2 Å². The summed E-state index contributed by atoms with van der Waals surface area (Å²) in [6.07, 6.45) is 9.12. The van der Waals surface area contributed by atoms with Crippen molar-refractivity contribution in [3.05, 3.63) is 53.8 Å². The van der Waals surface area contributed by atoms with Gasteiger partial charge in [-0.05, 0) is 19.9 Å². The van der Waals surface area contributed by atoms with Crippen molar-refractivity contribution in [2.24, 2.45) is 0 Å². The minimum absolute atomic E-state index is 0.287. The first-order chi connectivity index (χ1) is 14.6. The highest BCUT2D eigenvalue weighted by Gasteiger charge is 2.19. The molecule has 0 aliphatic rings. The predicted octanol–water partition coefficient (Wildman–Crippen LogP) is 3.10. The largest absolute Gasteiger partial charge is 0.374 e. The van der Waals surface area contributed by atoms with Crippen LogP contribution in [0, 0.1) is 0 Å². The molecule has 0 fully saturated rings. The number of amides is 2. The first-order valence-corrected chi connectivity index (χ1v) is 9.48. The van der Waals surface area contributed by atoms with E-state index in [4.69, 9.17) is 16.3 Å². The van der Waals surface area contributed by atoms with Gasteiger partial charge in [-0.1, -0.05) is 11.6 Å². The van der Waals surface area contributed by atoms with Crippen molar-refractivity contribution in [3.63, 3.8) is 0 Å². The van der Waals surface area contributed by atoms with Gasteiger partial charge in [0.15, 0.2) is 11.5 Å². The highest BCUT2D eigenvalue weighted by molar-refractivity contribution is 6.32. The van der Waals surface area contributed by atoms with E-state index in [1.807, 2.05) is 13.8 Å². The molecule has 0 spiro atoms. The van der Waals surface area contributed by atoms with Gasteiger partial charge in [-0.25, -0.2) is 19.3 Å². The maximum atomic E-state index is 12.6. The quantitative estimate of drug-likeness (QED) is 0.484. The molecular formula is C18H18ClN9O2. The molecule has 0 aliphatic carbocycles. The zero-order valence-electron chi connectivity index (χ0n) is 16.2. The first-order valence-electron chi connectivity index (χ1n) is 9.11. The molecule has 0 saturated carbocycles. The molecule has 0 bridgehead atoms. The molecular weight excluding hydrogens is 410 g/mol. The number of urea groups is 1. The molecule has 0 aromatic carbocycles. The number of pyridine rings is 1. The van der Waals surface area contributed by atoms with Crippen LogP contribution in [0.2, 0.25) is 5.02 Å². The Morgan fingerprint density at radius 1 is 1.17 bits per heavy atom. The average Bonchev–Trinajstić information content (AvgIpc) is 3.40. The van der Waals surface area contributed by atoms with Gasteiger partial charge in [-0.2, -0.15) is 15.3 Å². The van der Waals surface area contributed by atoms with Crippen LogP contribution in [-0.4, -0.2) is 47.2 Å². The van der Waals surface area contributed by atoms with Crippen LogP contribution in [0.5, 0.6) is 0 Å². The van der Waals surface area contributed by atoms with Crippen molar-refractivity contribution < 1.29 is 9.53 Å². The molecule has 0 radical (unpaired) electrons. The normalized spacial score (nSPS) is 12.1. The molecule has 0 aliphatic heterocycles. The second kappa shape index (κ2) is 8.43. The zero-order valence-corrected chi connectivity index (χ0v) is 16.9. The van der Waals surface area contributed by atoms with E-state index in [0.29, 0.717) is 29.4 Å². The Hall–Kier alpha value is -3.57. The van der Waals surface area contributed by atoms with Crippen LogP contribution in [0.25, 0.3) is 11.5 Å². The molecule has 2 N–H and O–H groups in total. The summed E-state index contributed by atoms with van der Waals surface area (Å²) < 4.78 is 7.34. The number of fused-ring (bicyclic) bond motifs is 1. The fourth-order valence-corrected chi connectivity index (χ4v) is 3.22. The molecule has 1 atom stereocenters. The summed E-state index contributed by atoms with van der Waals surface area (Å²) >= 11 is 6.25. The second-order valence-electron chi connectivity index (χ2n) is 6.19. The fraction of sp³-hybridized carbons (Fsp3) is 0.222. The lowest BCUT2D eigenvalue weighted by molar-refractivity contribution is 0.0774. The molecule has 12 heteroatoms. The van der Waals surface area contributed by atoms with Gasteiger partial charge in [0, 0.05) is 19.0 Å². The zero-order chi connectivity index (χ0) is 21.1. The summed E-state index contributed by atoms with van der Waals surface area (Å²) in [5.74, 6) is 0.356. The van der Waals surface area contributed by atoms with Crippen LogP contribution >= 0.6 is 11.6 Å². The Morgan fingerprint density at radius 3 is 2.70 bits per heavy atom. The lowest BCUT2D eigenvalue weighted by atomic mass is 10.1. The van der Waals surface area contributed by atoms with E-state index in [1.54, 1.807) is 29.2 Å². The molecule has 0 saturated heterocycles. The Balaban J connectivity index is 1.55. The minimum Gasteiger partial charge on any atom is -0.374 e. The van der Waals surface area contributed by atoms with Crippen LogP contribution in [0.1, 0.15) is 25.5 Å². The van der Waals surface area contributed by atoms with Gasteiger partial charge < -0.3 is 15.4 Å². The highest BCUT2D eigenvalue weighted by Crippen LogP contribution is 2.28. The summed E-state index contributed by atoms with van der Waals surface area (Å²) in [6.45, 7) is 4.31. The fourth-order valence-electron chi connectivity index (χ4n) is 2.98. The second-order valence-corrected chi connectivity index (χ2v) is 6.60. The van der Waals surface area contributed by atoms with Crippen molar-refractivity contribution in [1.29, 1.82) is 0 Å². The Bertz CT molecular complexity index is 1180. The van der Waals surface area contributed by atoms with Crippen molar-refractivity contribution in [1.82, 2.24) is 34.6 Å². The Kier molecular flexibility index (Phi) is 5.55. The Morgan fingerprint density at radius 2 is 1.97 bits per heavy atom. The third-order valence-electron chi connectivity index (χ3n) is 4.22. The number of hydrogen-bond donors (Lipinski definition) is 2. The van der Waals surface area contributed by atoms with E-state index in [2.05, 4.69) is 35.9 Å². The molecule has 2 amide bonds. The monoisotopic (exact) mass is 427 g/mol. The van der Waals surface area contributed by atoms with Gasteiger partial charge >= 0.3 is 6.03 Å². The number of rotatable bonds is 6. The Labute approximate surface area is 176 Å². The number of carbonyl (C=O) groups is 1. The van der Waals surface area contributed by atoms with Gasteiger partial charge in [0.1, 0.15) is 0 Å². The third kappa shape index (κ3) is 3.93. The van der Waals surface area contributed by atoms with Gasteiger partial charge in [0.05, 0.1) is 52.9 Å². The summed E-state index contributed by atoms with van der Waals surface area (Å²) in [6, 6.07) is 1.08. The summed E-state index contributed by atoms with van der Waals surface area (Å²) in [5, 5.41) is 18.0. The molecule has 30 heavy (non-hydrogen) atoms. The van der Waals surface area contributed by atoms with Gasteiger partial charge in [-0.3, -0.25) is 0 Å². The van der Waals surface area contributed by atoms with E-state index in [-0.39, 0.29) is 11.1 Å². The molecule has 4 aromatic rings. The molecule has 1 unspecified atom stereocenters. The lowest BCUT2D eigenvalue weighted by Crippen LogP contribution is -2.22. The number of ether oxygens (including phenoxy) is 1. The number of nitrogens with one attached hydrogen (secondary N) is 2.